The number of carbonyl (C=O) groups excluding carboxylic acids is 1. The van der Waals surface area contributed by atoms with Gasteiger partial charge in [-0.1, -0.05) is 39.0 Å². The first-order chi connectivity index (χ1) is 12.7. The molecule has 6 nitrogen and oxygen atoms in total. The van der Waals surface area contributed by atoms with Crippen LogP contribution in [0.2, 0.25) is 0 Å². The van der Waals surface area contributed by atoms with Gasteiger partial charge in [0.05, 0.1) is 17.5 Å². The van der Waals surface area contributed by atoms with Gasteiger partial charge in [-0.25, -0.2) is 9.48 Å². The molecule has 2 aromatic rings. The summed E-state index contributed by atoms with van der Waals surface area (Å²) in [5, 5.41) is 20.3. The lowest BCUT2D eigenvalue weighted by molar-refractivity contribution is 0.177. The molecule has 1 saturated carbocycles. The number of carbonyl (C=O) groups is 1. The summed E-state index contributed by atoms with van der Waals surface area (Å²) in [6.45, 7) is 8.92. The molecular weight excluding hydrogens is 340 g/mol. The van der Waals surface area contributed by atoms with Crippen molar-refractivity contribution in [3.05, 3.63) is 41.6 Å². The molecule has 1 aromatic carbocycles. The highest BCUT2D eigenvalue weighted by atomic mass is 16.3. The van der Waals surface area contributed by atoms with Gasteiger partial charge in [0.1, 0.15) is 5.82 Å². The quantitative estimate of drug-likeness (QED) is 0.767. The summed E-state index contributed by atoms with van der Waals surface area (Å²) in [4.78, 5) is 12.5. The Balaban J connectivity index is 1.78. The van der Waals surface area contributed by atoms with Crippen LogP contribution in [0.4, 0.5) is 10.6 Å². The Morgan fingerprint density at radius 2 is 2.04 bits per heavy atom. The normalized spacial score (nSPS) is 19.9. The van der Waals surface area contributed by atoms with Crippen LogP contribution >= 0.6 is 0 Å². The molecule has 3 N–H and O–H groups in total. The van der Waals surface area contributed by atoms with Crippen LogP contribution in [0.15, 0.2) is 30.3 Å². The minimum absolute atomic E-state index is 0.124. The topological polar surface area (TPSA) is 79.2 Å². The van der Waals surface area contributed by atoms with Crippen LogP contribution in [0.25, 0.3) is 5.69 Å². The third kappa shape index (κ3) is 4.69. The number of nitrogens with zero attached hydrogens (tertiary/aromatic N) is 2. The smallest absolute Gasteiger partial charge is 0.320 e. The van der Waals surface area contributed by atoms with E-state index in [0.29, 0.717) is 18.3 Å². The van der Waals surface area contributed by atoms with Crippen LogP contribution in [0.5, 0.6) is 0 Å². The summed E-state index contributed by atoms with van der Waals surface area (Å²) >= 11 is 0. The largest absolute Gasteiger partial charge is 0.393 e. The minimum Gasteiger partial charge on any atom is -0.393 e. The first-order valence-electron chi connectivity index (χ1n) is 9.63. The average Bonchev–Trinajstić information content (AvgIpc) is 3.19. The van der Waals surface area contributed by atoms with Crippen molar-refractivity contribution < 1.29 is 9.90 Å². The lowest BCUT2D eigenvalue weighted by Gasteiger charge is -2.14. The molecule has 2 unspecified atom stereocenters. The monoisotopic (exact) mass is 370 g/mol. The van der Waals surface area contributed by atoms with E-state index in [1.54, 1.807) is 4.68 Å². The van der Waals surface area contributed by atoms with Crippen LogP contribution in [0.1, 0.15) is 51.3 Å². The third-order valence-corrected chi connectivity index (χ3v) is 5.13. The average molecular weight is 370 g/mol. The molecule has 3 rings (SSSR count). The summed E-state index contributed by atoms with van der Waals surface area (Å²) in [5.74, 6) is 0.996. The molecule has 6 heteroatoms. The molecule has 0 bridgehead atoms. The Bertz CT molecular complexity index is 807. The molecule has 2 amide bonds. The fourth-order valence-electron chi connectivity index (χ4n) is 3.45. The van der Waals surface area contributed by atoms with E-state index < -0.39 is 0 Å². The highest BCUT2D eigenvalue weighted by Gasteiger charge is 2.24. The number of rotatable bonds is 4. The van der Waals surface area contributed by atoms with Crippen molar-refractivity contribution in [3.63, 3.8) is 0 Å². The summed E-state index contributed by atoms with van der Waals surface area (Å²) in [5.41, 5.74) is 2.83. The zero-order valence-corrected chi connectivity index (χ0v) is 16.6. The van der Waals surface area contributed by atoms with Crippen LogP contribution in [-0.4, -0.2) is 33.6 Å². The third-order valence-electron chi connectivity index (χ3n) is 5.13. The molecule has 146 valence electrons. The van der Waals surface area contributed by atoms with Gasteiger partial charge in [0.25, 0.3) is 0 Å². The number of hydrogen-bond acceptors (Lipinski definition) is 3. The van der Waals surface area contributed by atoms with Crippen LogP contribution in [-0.2, 0) is 5.41 Å². The van der Waals surface area contributed by atoms with Gasteiger partial charge in [0, 0.05) is 18.0 Å². The van der Waals surface area contributed by atoms with Crippen molar-refractivity contribution in [3.8, 4) is 5.69 Å². The standard InChI is InChI=1S/C21H30N4O2/c1-14-7-5-6-8-17(14)25-19(12-18(24-25)21(2,3)4)23-20(27)22-13-15-9-10-16(26)11-15/h5-8,12,15-16,26H,9-11,13H2,1-4H3,(H2,22,23,27). The molecule has 2 atom stereocenters. The van der Waals surface area contributed by atoms with E-state index in [-0.39, 0.29) is 17.6 Å². The number of aliphatic hydroxyl groups is 1. The Morgan fingerprint density at radius 3 is 2.67 bits per heavy atom. The van der Waals surface area contributed by atoms with Gasteiger partial charge < -0.3 is 10.4 Å². The van der Waals surface area contributed by atoms with Crippen molar-refractivity contribution in [1.82, 2.24) is 15.1 Å². The Hall–Kier alpha value is -2.34. The number of benzene rings is 1. The maximum atomic E-state index is 12.5. The Morgan fingerprint density at radius 1 is 1.30 bits per heavy atom. The summed E-state index contributed by atoms with van der Waals surface area (Å²) in [7, 11) is 0. The predicted octanol–water partition coefficient (Wildman–Crippen LogP) is 3.76. The molecule has 0 spiro atoms. The van der Waals surface area contributed by atoms with E-state index in [1.165, 1.54) is 0 Å². The van der Waals surface area contributed by atoms with Crippen LogP contribution < -0.4 is 10.6 Å². The van der Waals surface area contributed by atoms with Crippen molar-refractivity contribution in [2.24, 2.45) is 5.92 Å². The van der Waals surface area contributed by atoms with Crippen molar-refractivity contribution >= 4 is 11.8 Å². The van der Waals surface area contributed by atoms with Gasteiger partial charge in [-0.2, -0.15) is 5.10 Å². The maximum Gasteiger partial charge on any atom is 0.320 e. The fourth-order valence-corrected chi connectivity index (χ4v) is 3.45. The summed E-state index contributed by atoms with van der Waals surface area (Å²) in [6.07, 6.45) is 2.31. The first kappa shape index (κ1) is 19.4. The van der Waals surface area contributed by atoms with Gasteiger partial charge in [-0.15, -0.1) is 0 Å². The lowest BCUT2D eigenvalue weighted by Crippen LogP contribution is -2.33. The number of aliphatic hydroxyl groups excluding tert-OH is 1. The molecule has 0 aliphatic heterocycles. The van der Waals surface area contributed by atoms with Gasteiger partial charge in [0.2, 0.25) is 0 Å². The van der Waals surface area contributed by atoms with Crippen molar-refractivity contribution in [1.29, 1.82) is 0 Å². The highest BCUT2D eigenvalue weighted by Crippen LogP contribution is 2.28. The molecule has 1 fully saturated rings. The van der Waals surface area contributed by atoms with Crippen molar-refractivity contribution in [2.45, 2.75) is 58.5 Å². The second-order valence-electron chi connectivity index (χ2n) is 8.53. The van der Waals surface area contributed by atoms with E-state index in [2.05, 4.69) is 31.4 Å². The number of urea groups is 1. The number of amides is 2. The predicted molar refractivity (Wildman–Crippen MR) is 107 cm³/mol. The molecule has 1 aromatic heterocycles. The number of para-hydroxylation sites is 1. The maximum absolute atomic E-state index is 12.5. The molecule has 1 heterocycles. The van der Waals surface area contributed by atoms with E-state index in [9.17, 15) is 9.90 Å². The first-order valence-corrected chi connectivity index (χ1v) is 9.63. The number of aromatic nitrogens is 2. The molecule has 27 heavy (non-hydrogen) atoms. The molecule has 1 aliphatic carbocycles. The minimum atomic E-state index is -0.244. The molecule has 1 aliphatic rings. The van der Waals surface area contributed by atoms with Crippen LogP contribution in [0, 0.1) is 12.8 Å². The number of nitrogens with one attached hydrogen (secondary N) is 2. The number of aryl methyl sites for hydroxylation is 1. The Kier molecular flexibility index (Phi) is 5.56. The van der Waals surface area contributed by atoms with E-state index in [4.69, 9.17) is 5.10 Å². The molecule has 0 radical (unpaired) electrons. The zero-order chi connectivity index (χ0) is 19.6. The fraction of sp³-hybridized carbons (Fsp3) is 0.524. The van der Waals surface area contributed by atoms with Crippen LogP contribution in [0.3, 0.4) is 0 Å². The molecule has 0 saturated heterocycles. The summed E-state index contributed by atoms with van der Waals surface area (Å²) < 4.78 is 1.80. The second-order valence-corrected chi connectivity index (χ2v) is 8.53. The SMILES string of the molecule is Cc1ccccc1-n1nc(C(C)(C)C)cc1NC(=O)NCC1CCC(O)C1. The number of anilines is 1. The summed E-state index contributed by atoms with van der Waals surface area (Å²) in [6, 6.07) is 9.68. The molecular formula is C21H30N4O2. The van der Waals surface area contributed by atoms with Gasteiger partial charge in [0.15, 0.2) is 0 Å². The van der Waals surface area contributed by atoms with Crippen molar-refractivity contribution in [2.75, 3.05) is 11.9 Å². The Labute approximate surface area is 161 Å². The highest BCUT2D eigenvalue weighted by molar-refractivity contribution is 5.88. The zero-order valence-electron chi connectivity index (χ0n) is 16.6. The van der Waals surface area contributed by atoms with E-state index in [0.717, 1.165) is 36.2 Å². The number of hydrogen-bond donors (Lipinski definition) is 3. The lowest BCUT2D eigenvalue weighted by atomic mass is 9.92. The van der Waals surface area contributed by atoms with Gasteiger partial charge in [-0.3, -0.25) is 5.32 Å². The van der Waals surface area contributed by atoms with Gasteiger partial charge in [-0.05, 0) is 43.7 Å². The van der Waals surface area contributed by atoms with E-state index in [1.807, 2.05) is 37.3 Å². The second kappa shape index (κ2) is 7.72. The van der Waals surface area contributed by atoms with Gasteiger partial charge >= 0.3 is 6.03 Å². The van der Waals surface area contributed by atoms with E-state index >= 15 is 0 Å².